The van der Waals surface area contributed by atoms with Crippen LogP contribution in [0.4, 0.5) is 0 Å². The molecule has 0 saturated carbocycles. The first-order valence-electron chi connectivity index (χ1n) is 7.53. The van der Waals surface area contributed by atoms with Crippen molar-refractivity contribution in [3.05, 3.63) is 11.6 Å². The molecule has 3 nitrogen and oxygen atoms in total. The fourth-order valence-electron chi connectivity index (χ4n) is 3.06. The second kappa shape index (κ2) is 7.27. The van der Waals surface area contributed by atoms with Gasteiger partial charge in [-0.2, -0.15) is 0 Å². The molecule has 1 N–H and O–H groups in total. The van der Waals surface area contributed by atoms with Gasteiger partial charge in [0.15, 0.2) is 0 Å². The maximum Gasteiger partial charge on any atom is 0.0893 e. The average Bonchev–Trinajstić information content (AvgIpc) is 2.64. The summed E-state index contributed by atoms with van der Waals surface area (Å²) in [6, 6.07) is 0.427. The Hall–Kier alpha value is -0.380. The number of ether oxygens (including phenoxy) is 1. The van der Waals surface area contributed by atoms with Crippen LogP contribution in [0.2, 0.25) is 0 Å². The molecular weight excluding hydrogens is 224 g/mol. The van der Waals surface area contributed by atoms with Gasteiger partial charge in [-0.25, -0.2) is 0 Å². The lowest BCUT2D eigenvalue weighted by Crippen LogP contribution is -2.52. The zero-order valence-corrected chi connectivity index (χ0v) is 12.0. The van der Waals surface area contributed by atoms with Gasteiger partial charge in [0, 0.05) is 13.1 Å². The lowest BCUT2D eigenvalue weighted by Gasteiger charge is -2.36. The first kappa shape index (κ1) is 14.0. The number of rotatable bonds is 4. The largest absolute Gasteiger partial charge is 0.374 e. The van der Waals surface area contributed by atoms with E-state index in [0.29, 0.717) is 12.1 Å². The molecule has 18 heavy (non-hydrogen) atoms. The van der Waals surface area contributed by atoms with E-state index >= 15 is 0 Å². The van der Waals surface area contributed by atoms with E-state index < -0.39 is 0 Å². The van der Waals surface area contributed by atoms with Gasteiger partial charge >= 0.3 is 0 Å². The highest BCUT2D eigenvalue weighted by molar-refractivity contribution is 5.15. The molecule has 0 radical (unpaired) electrons. The summed E-state index contributed by atoms with van der Waals surface area (Å²) in [5, 5.41) is 3.65. The average molecular weight is 252 g/mol. The molecule has 2 aliphatic rings. The highest BCUT2D eigenvalue weighted by atomic mass is 16.5. The van der Waals surface area contributed by atoms with E-state index in [1.54, 1.807) is 5.57 Å². The first-order chi connectivity index (χ1) is 8.81. The second-order valence-electron chi connectivity index (χ2n) is 5.59. The summed E-state index contributed by atoms with van der Waals surface area (Å²) in [6.07, 6.45) is 9.38. The van der Waals surface area contributed by atoms with Crippen LogP contribution in [0.15, 0.2) is 11.6 Å². The summed E-state index contributed by atoms with van der Waals surface area (Å²) in [6.45, 7) is 6.20. The Morgan fingerprint density at radius 2 is 2.33 bits per heavy atom. The molecule has 2 rings (SSSR count). The normalized spacial score (nSPS) is 28.6. The predicted molar refractivity (Wildman–Crippen MR) is 75.9 cm³/mol. The SMILES string of the molecule is CCNC(C1=CCCCCC1)C1CN(C)CCO1. The lowest BCUT2D eigenvalue weighted by molar-refractivity contribution is -0.0325. The third kappa shape index (κ3) is 3.81. The van der Waals surface area contributed by atoms with Crippen molar-refractivity contribution in [2.75, 3.05) is 33.3 Å². The van der Waals surface area contributed by atoms with Crippen LogP contribution >= 0.6 is 0 Å². The summed E-state index contributed by atoms with van der Waals surface area (Å²) in [5.41, 5.74) is 1.59. The molecule has 2 unspecified atom stereocenters. The molecule has 0 spiro atoms. The van der Waals surface area contributed by atoms with Gasteiger partial charge in [0.2, 0.25) is 0 Å². The first-order valence-corrected chi connectivity index (χ1v) is 7.53. The molecule has 1 aliphatic heterocycles. The summed E-state index contributed by atoms with van der Waals surface area (Å²) in [5.74, 6) is 0. The lowest BCUT2D eigenvalue weighted by atomic mass is 9.96. The van der Waals surface area contributed by atoms with Crippen LogP contribution in [-0.2, 0) is 4.74 Å². The fraction of sp³-hybridized carbons (Fsp3) is 0.867. The molecule has 1 fully saturated rings. The van der Waals surface area contributed by atoms with E-state index in [2.05, 4.69) is 30.3 Å². The molecule has 0 bridgehead atoms. The molecule has 0 aromatic heterocycles. The van der Waals surface area contributed by atoms with Crippen LogP contribution in [-0.4, -0.2) is 50.3 Å². The summed E-state index contributed by atoms with van der Waals surface area (Å²) >= 11 is 0. The van der Waals surface area contributed by atoms with Crippen LogP contribution in [0.1, 0.15) is 39.0 Å². The van der Waals surface area contributed by atoms with Crippen LogP contribution in [0, 0.1) is 0 Å². The van der Waals surface area contributed by atoms with E-state index in [1.165, 1.54) is 32.1 Å². The van der Waals surface area contributed by atoms with Crippen molar-refractivity contribution in [3.63, 3.8) is 0 Å². The van der Waals surface area contributed by atoms with Crippen molar-refractivity contribution < 1.29 is 4.74 Å². The third-order valence-corrected chi connectivity index (χ3v) is 4.07. The zero-order chi connectivity index (χ0) is 12.8. The summed E-state index contributed by atoms with van der Waals surface area (Å²) in [7, 11) is 2.19. The van der Waals surface area contributed by atoms with Gasteiger partial charge in [0.1, 0.15) is 0 Å². The number of morpholine rings is 1. The van der Waals surface area contributed by atoms with E-state index in [1.807, 2.05) is 0 Å². The number of nitrogens with one attached hydrogen (secondary N) is 1. The fourth-order valence-corrected chi connectivity index (χ4v) is 3.06. The van der Waals surface area contributed by atoms with Gasteiger partial charge in [-0.05, 0) is 39.3 Å². The van der Waals surface area contributed by atoms with E-state index in [-0.39, 0.29) is 0 Å². The zero-order valence-electron chi connectivity index (χ0n) is 12.0. The minimum atomic E-state index is 0.327. The molecule has 104 valence electrons. The van der Waals surface area contributed by atoms with Crippen LogP contribution in [0.5, 0.6) is 0 Å². The van der Waals surface area contributed by atoms with Crippen LogP contribution < -0.4 is 5.32 Å². The Labute approximate surface area is 112 Å². The highest BCUT2D eigenvalue weighted by Gasteiger charge is 2.28. The Bertz CT molecular complexity index is 278. The maximum absolute atomic E-state index is 6.01. The summed E-state index contributed by atoms with van der Waals surface area (Å²) < 4.78 is 6.01. The minimum Gasteiger partial charge on any atom is -0.374 e. The number of allylic oxidation sites excluding steroid dienone is 1. The van der Waals surface area contributed by atoms with Crippen molar-refractivity contribution in [2.45, 2.75) is 51.2 Å². The molecule has 0 aromatic rings. The smallest absolute Gasteiger partial charge is 0.0893 e. The van der Waals surface area contributed by atoms with Gasteiger partial charge in [-0.15, -0.1) is 0 Å². The van der Waals surface area contributed by atoms with Crippen molar-refractivity contribution in [3.8, 4) is 0 Å². The number of likely N-dealkylation sites (N-methyl/N-ethyl adjacent to an activating group) is 2. The molecular formula is C15H28N2O. The monoisotopic (exact) mass is 252 g/mol. The van der Waals surface area contributed by atoms with Gasteiger partial charge < -0.3 is 15.0 Å². The predicted octanol–water partition coefficient (Wildman–Crippen LogP) is 2.19. The van der Waals surface area contributed by atoms with Crippen molar-refractivity contribution in [1.82, 2.24) is 10.2 Å². The molecule has 1 heterocycles. The number of nitrogens with zero attached hydrogens (tertiary/aromatic N) is 1. The molecule has 1 aliphatic carbocycles. The molecule has 0 amide bonds. The minimum absolute atomic E-state index is 0.327. The summed E-state index contributed by atoms with van der Waals surface area (Å²) in [4.78, 5) is 2.38. The Balaban J connectivity index is 2.03. The van der Waals surface area contributed by atoms with Gasteiger partial charge in [0.05, 0.1) is 18.8 Å². The van der Waals surface area contributed by atoms with Gasteiger partial charge in [-0.1, -0.05) is 25.0 Å². The van der Waals surface area contributed by atoms with Gasteiger partial charge in [-0.3, -0.25) is 0 Å². The Morgan fingerprint density at radius 1 is 1.44 bits per heavy atom. The van der Waals surface area contributed by atoms with Crippen LogP contribution in [0.25, 0.3) is 0 Å². The molecule has 0 aromatic carbocycles. The van der Waals surface area contributed by atoms with E-state index in [9.17, 15) is 0 Å². The number of hydrogen-bond acceptors (Lipinski definition) is 3. The van der Waals surface area contributed by atoms with Crippen molar-refractivity contribution in [2.24, 2.45) is 0 Å². The number of hydrogen-bond donors (Lipinski definition) is 1. The van der Waals surface area contributed by atoms with Crippen molar-refractivity contribution in [1.29, 1.82) is 0 Å². The Kier molecular flexibility index (Phi) is 5.67. The van der Waals surface area contributed by atoms with Crippen LogP contribution in [0.3, 0.4) is 0 Å². The van der Waals surface area contributed by atoms with E-state index in [0.717, 1.165) is 26.2 Å². The van der Waals surface area contributed by atoms with E-state index in [4.69, 9.17) is 4.74 Å². The standard InChI is InChI=1S/C15H28N2O/c1-3-16-15(13-8-6-4-5-7-9-13)14-12-17(2)10-11-18-14/h8,14-16H,3-7,9-12H2,1-2H3. The molecule has 1 saturated heterocycles. The third-order valence-electron chi connectivity index (χ3n) is 4.07. The molecule has 2 atom stereocenters. The van der Waals surface area contributed by atoms with Crippen molar-refractivity contribution >= 4 is 0 Å². The van der Waals surface area contributed by atoms with Gasteiger partial charge in [0.25, 0.3) is 0 Å². The quantitative estimate of drug-likeness (QED) is 0.776. The molecule has 3 heteroatoms. The highest BCUT2D eigenvalue weighted by Crippen LogP contribution is 2.23. The Morgan fingerprint density at radius 3 is 3.11 bits per heavy atom. The second-order valence-corrected chi connectivity index (χ2v) is 5.59. The topological polar surface area (TPSA) is 24.5 Å². The maximum atomic E-state index is 6.01.